The normalized spacial score (nSPS) is 39.3. The van der Waals surface area contributed by atoms with Gasteiger partial charge in [0.15, 0.2) is 0 Å². The van der Waals surface area contributed by atoms with Gasteiger partial charge in [-0.05, 0) is 32.1 Å². The standard InChI is InChI=1S/C16H31NO/c1-5-12-8-7-9-13(10-12)17-14-11-15(18-6-2)16(14,3)4/h12-15,17H,5-11H2,1-4H3. The van der Waals surface area contributed by atoms with Crippen molar-refractivity contribution in [2.75, 3.05) is 6.61 Å². The number of hydrogen-bond donors (Lipinski definition) is 1. The Hall–Kier alpha value is -0.0800. The Morgan fingerprint density at radius 1 is 1.17 bits per heavy atom. The average molecular weight is 253 g/mol. The first-order valence-electron chi connectivity index (χ1n) is 7.95. The Bertz CT molecular complexity index is 264. The minimum atomic E-state index is 0.315. The van der Waals surface area contributed by atoms with Crippen LogP contribution in [0.5, 0.6) is 0 Å². The largest absolute Gasteiger partial charge is 0.378 e. The first-order valence-corrected chi connectivity index (χ1v) is 7.95. The molecule has 0 spiro atoms. The van der Waals surface area contributed by atoms with Crippen LogP contribution in [0.15, 0.2) is 0 Å². The lowest BCUT2D eigenvalue weighted by Gasteiger charge is -2.53. The van der Waals surface area contributed by atoms with Crippen LogP contribution >= 0.6 is 0 Å². The van der Waals surface area contributed by atoms with E-state index in [2.05, 4.69) is 33.0 Å². The third-order valence-corrected chi connectivity index (χ3v) is 5.34. The summed E-state index contributed by atoms with van der Waals surface area (Å²) in [6, 6.07) is 1.42. The second-order valence-corrected chi connectivity index (χ2v) is 6.86. The molecule has 4 unspecified atom stereocenters. The van der Waals surface area contributed by atoms with Crippen LogP contribution in [0.1, 0.15) is 66.2 Å². The number of ether oxygens (including phenoxy) is 1. The van der Waals surface area contributed by atoms with Crippen molar-refractivity contribution >= 4 is 0 Å². The summed E-state index contributed by atoms with van der Waals surface area (Å²) in [4.78, 5) is 0. The summed E-state index contributed by atoms with van der Waals surface area (Å²) >= 11 is 0. The molecule has 0 aromatic heterocycles. The van der Waals surface area contributed by atoms with Crippen molar-refractivity contribution in [3.05, 3.63) is 0 Å². The molecular weight excluding hydrogens is 222 g/mol. The Balaban J connectivity index is 1.80. The van der Waals surface area contributed by atoms with Gasteiger partial charge in [-0.15, -0.1) is 0 Å². The van der Waals surface area contributed by atoms with E-state index in [0.717, 1.165) is 18.6 Å². The maximum atomic E-state index is 5.81. The molecule has 0 saturated heterocycles. The second-order valence-electron chi connectivity index (χ2n) is 6.86. The quantitative estimate of drug-likeness (QED) is 0.805. The van der Waals surface area contributed by atoms with Gasteiger partial charge in [0.25, 0.3) is 0 Å². The van der Waals surface area contributed by atoms with Crippen LogP contribution in [0, 0.1) is 11.3 Å². The molecule has 1 N–H and O–H groups in total. The molecule has 4 atom stereocenters. The van der Waals surface area contributed by atoms with Gasteiger partial charge in [-0.2, -0.15) is 0 Å². The molecule has 106 valence electrons. The zero-order valence-electron chi connectivity index (χ0n) is 12.7. The molecule has 2 saturated carbocycles. The topological polar surface area (TPSA) is 21.3 Å². The van der Waals surface area contributed by atoms with E-state index in [1.54, 1.807) is 0 Å². The summed E-state index contributed by atoms with van der Waals surface area (Å²) < 4.78 is 5.81. The predicted molar refractivity (Wildman–Crippen MR) is 76.8 cm³/mol. The van der Waals surface area contributed by atoms with Gasteiger partial charge in [-0.25, -0.2) is 0 Å². The smallest absolute Gasteiger partial charge is 0.0655 e. The molecule has 0 aromatic rings. The number of rotatable bonds is 5. The molecule has 2 aliphatic carbocycles. The first kappa shape index (κ1) is 14.3. The van der Waals surface area contributed by atoms with E-state index in [1.165, 1.54) is 38.5 Å². The van der Waals surface area contributed by atoms with Crippen molar-refractivity contribution in [2.24, 2.45) is 11.3 Å². The van der Waals surface area contributed by atoms with Crippen molar-refractivity contribution in [1.82, 2.24) is 5.32 Å². The Labute approximate surface area is 113 Å². The molecule has 2 fully saturated rings. The number of hydrogen-bond acceptors (Lipinski definition) is 2. The minimum Gasteiger partial charge on any atom is -0.378 e. The highest BCUT2D eigenvalue weighted by Gasteiger charge is 2.49. The van der Waals surface area contributed by atoms with Gasteiger partial charge in [-0.3, -0.25) is 0 Å². The van der Waals surface area contributed by atoms with Crippen LogP contribution in [-0.2, 0) is 4.74 Å². The maximum Gasteiger partial charge on any atom is 0.0655 e. The van der Waals surface area contributed by atoms with Crippen LogP contribution in [0.4, 0.5) is 0 Å². The van der Waals surface area contributed by atoms with Crippen LogP contribution < -0.4 is 5.32 Å². The monoisotopic (exact) mass is 253 g/mol. The van der Waals surface area contributed by atoms with Crippen LogP contribution in [-0.4, -0.2) is 24.8 Å². The van der Waals surface area contributed by atoms with E-state index in [4.69, 9.17) is 4.74 Å². The molecule has 0 heterocycles. The fourth-order valence-electron chi connectivity index (χ4n) is 3.75. The molecule has 2 aliphatic rings. The molecule has 2 heteroatoms. The second kappa shape index (κ2) is 5.92. The van der Waals surface area contributed by atoms with E-state index in [-0.39, 0.29) is 0 Å². The van der Waals surface area contributed by atoms with Crippen molar-refractivity contribution < 1.29 is 4.74 Å². The first-order chi connectivity index (χ1) is 8.57. The summed E-state index contributed by atoms with van der Waals surface area (Å²) in [7, 11) is 0. The lowest BCUT2D eigenvalue weighted by molar-refractivity contribution is -0.117. The number of nitrogens with one attached hydrogen (secondary N) is 1. The SMILES string of the molecule is CCOC1CC(NC2CCCC(CC)C2)C1(C)C. The summed E-state index contributed by atoms with van der Waals surface area (Å²) in [6.07, 6.45) is 8.65. The lowest BCUT2D eigenvalue weighted by atomic mass is 9.64. The van der Waals surface area contributed by atoms with Gasteiger partial charge in [0.1, 0.15) is 0 Å². The van der Waals surface area contributed by atoms with Gasteiger partial charge in [0.2, 0.25) is 0 Å². The van der Waals surface area contributed by atoms with Crippen molar-refractivity contribution in [3.63, 3.8) is 0 Å². The van der Waals surface area contributed by atoms with E-state index in [0.29, 0.717) is 17.6 Å². The van der Waals surface area contributed by atoms with Crippen LogP contribution in [0.2, 0.25) is 0 Å². The fraction of sp³-hybridized carbons (Fsp3) is 1.00. The predicted octanol–water partition coefficient (Wildman–Crippen LogP) is 3.75. The zero-order valence-corrected chi connectivity index (χ0v) is 12.7. The van der Waals surface area contributed by atoms with Crippen molar-refractivity contribution in [3.8, 4) is 0 Å². The van der Waals surface area contributed by atoms with E-state index in [1.807, 2.05) is 0 Å². The summed E-state index contributed by atoms with van der Waals surface area (Å²) in [5.41, 5.74) is 0.315. The highest BCUT2D eigenvalue weighted by atomic mass is 16.5. The molecule has 0 radical (unpaired) electrons. The van der Waals surface area contributed by atoms with Gasteiger partial charge in [-0.1, -0.05) is 40.0 Å². The van der Waals surface area contributed by atoms with Gasteiger partial charge < -0.3 is 10.1 Å². The molecule has 0 aromatic carbocycles. The Morgan fingerprint density at radius 3 is 2.56 bits per heavy atom. The average Bonchev–Trinajstić information content (AvgIpc) is 2.38. The molecular formula is C16H31NO. The maximum absolute atomic E-state index is 5.81. The lowest BCUT2D eigenvalue weighted by Crippen LogP contribution is -2.63. The third-order valence-electron chi connectivity index (χ3n) is 5.34. The summed E-state index contributed by atoms with van der Waals surface area (Å²) in [6.45, 7) is 10.0. The van der Waals surface area contributed by atoms with Gasteiger partial charge in [0.05, 0.1) is 6.10 Å². The fourth-order valence-corrected chi connectivity index (χ4v) is 3.75. The molecule has 18 heavy (non-hydrogen) atoms. The molecule has 0 aliphatic heterocycles. The van der Waals surface area contributed by atoms with Crippen LogP contribution in [0.3, 0.4) is 0 Å². The minimum absolute atomic E-state index is 0.315. The Kier molecular flexibility index (Phi) is 4.71. The van der Waals surface area contributed by atoms with Gasteiger partial charge >= 0.3 is 0 Å². The molecule has 0 bridgehead atoms. The Morgan fingerprint density at radius 2 is 1.94 bits per heavy atom. The van der Waals surface area contributed by atoms with Crippen molar-refractivity contribution in [1.29, 1.82) is 0 Å². The highest BCUT2D eigenvalue weighted by Crippen LogP contribution is 2.43. The van der Waals surface area contributed by atoms with E-state index >= 15 is 0 Å². The third kappa shape index (κ3) is 2.91. The summed E-state index contributed by atoms with van der Waals surface area (Å²) in [5.74, 6) is 0.960. The van der Waals surface area contributed by atoms with E-state index < -0.39 is 0 Å². The van der Waals surface area contributed by atoms with Crippen LogP contribution in [0.25, 0.3) is 0 Å². The van der Waals surface area contributed by atoms with Crippen molar-refractivity contribution in [2.45, 2.75) is 84.4 Å². The zero-order chi connectivity index (χ0) is 13.2. The molecule has 2 nitrogen and oxygen atoms in total. The van der Waals surface area contributed by atoms with Gasteiger partial charge in [0, 0.05) is 24.1 Å². The summed E-state index contributed by atoms with van der Waals surface area (Å²) in [5, 5.41) is 3.92. The highest BCUT2D eigenvalue weighted by molar-refractivity contribution is 5.04. The van der Waals surface area contributed by atoms with E-state index in [9.17, 15) is 0 Å². The molecule has 0 amide bonds. The molecule has 2 rings (SSSR count).